The highest BCUT2D eigenvalue weighted by Gasteiger charge is 2.15. The van der Waals surface area contributed by atoms with E-state index in [1.807, 2.05) is 0 Å². The third kappa shape index (κ3) is 3.70. The summed E-state index contributed by atoms with van der Waals surface area (Å²) in [7, 11) is 0. The number of azo groups is 1. The fourth-order valence-corrected chi connectivity index (χ4v) is 1.59. The van der Waals surface area contributed by atoms with Crippen LogP contribution in [0, 0.1) is 0 Å². The smallest absolute Gasteiger partial charge is 0.345 e. The minimum absolute atomic E-state index is 0.236. The molecule has 0 spiro atoms. The monoisotopic (exact) mass is 303 g/mol. The van der Waals surface area contributed by atoms with Gasteiger partial charge in [0.15, 0.2) is 0 Å². The lowest BCUT2D eigenvalue weighted by atomic mass is 10.1. The molecule has 7 heteroatoms. The molecule has 0 radical (unpaired) electrons. The number of pyridine rings is 1. The van der Waals surface area contributed by atoms with Gasteiger partial charge in [-0.05, 0) is 24.3 Å². The van der Waals surface area contributed by atoms with Gasteiger partial charge in [-0.1, -0.05) is 29.8 Å². The lowest BCUT2D eigenvalue weighted by Gasteiger charge is -2.03. The maximum Gasteiger partial charge on any atom is 0.345 e. The van der Waals surface area contributed by atoms with E-state index < -0.39 is 11.5 Å². The number of nitrogens with zero attached hydrogens (tertiary/aromatic N) is 3. The first-order valence-electron chi connectivity index (χ1n) is 5.92. The summed E-state index contributed by atoms with van der Waals surface area (Å²) in [5, 5.41) is 15.8. The summed E-state index contributed by atoms with van der Waals surface area (Å²) < 4.78 is 0. The number of rotatable bonds is 5. The number of carbonyl (C=O) groups excluding carboxylic acids is 1. The van der Waals surface area contributed by atoms with Crippen LogP contribution < -0.4 is 0 Å². The lowest BCUT2D eigenvalue weighted by molar-refractivity contribution is -0.136. The van der Waals surface area contributed by atoms with Crippen molar-refractivity contribution in [3.8, 4) is 0 Å². The van der Waals surface area contributed by atoms with Crippen LogP contribution in [0.4, 0.5) is 5.69 Å². The summed E-state index contributed by atoms with van der Waals surface area (Å²) in [5.74, 6) is -1.64. The molecule has 1 unspecified atom stereocenters. The maximum absolute atomic E-state index is 12.3. The van der Waals surface area contributed by atoms with Gasteiger partial charge in [0.2, 0.25) is 11.3 Å². The molecule has 2 rings (SSSR count). The second-order valence-corrected chi connectivity index (χ2v) is 4.36. The first kappa shape index (κ1) is 14.8. The number of carbonyl (C=O) groups is 2. The topological polar surface area (TPSA) is 92.0 Å². The fraction of sp³-hybridized carbons (Fsp3) is 0.0714. The second-order valence-electron chi connectivity index (χ2n) is 3.95. The van der Waals surface area contributed by atoms with Crippen LogP contribution in [0.1, 0.15) is 16.1 Å². The number of hydrogen-bond donors (Lipinski definition) is 1. The molecule has 0 aliphatic heterocycles. The SMILES string of the molecule is O=C(c1ccccn1)c1ccccc1N=NC(Cl)C(=O)O. The van der Waals surface area contributed by atoms with E-state index in [1.54, 1.807) is 42.5 Å². The molecule has 106 valence electrons. The Kier molecular flexibility index (Phi) is 4.73. The van der Waals surface area contributed by atoms with E-state index in [9.17, 15) is 9.59 Å². The van der Waals surface area contributed by atoms with Crippen LogP contribution in [0.5, 0.6) is 0 Å². The van der Waals surface area contributed by atoms with Crippen LogP contribution in [-0.2, 0) is 4.79 Å². The number of ketones is 1. The zero-order valence-electron chi connectivity index (χ0n) is 10.7. The van der Waals surface area contributed by atoms with Crippen molar-refractivity contribution in [1.82, 2.24) is 4.98 Å². The van der Waals surface area contributed by atoms with Crippen molar-refractivity contribution in [3.63, 3.8) is 0 Å². The molecule has 0 aliphatic rings. The van der Waals surface area contributed by atoms with Gasteiger partial charge in [-0.15, -0.1) is 0 Å². The zero-order chi connectivity index (χ0) is 15.2. The molecular formula is C14H10ClN3O3. The van der Waals surface area contributed by atoms with Crippen LogP contribution in [-0.4, -0.2) is 27.3 Å². The van der Waals surface area contributed by atoms with Gasteiger partial charge in [0.05, 0.1) is 11.3 Å². The van der Waals surface area contributed by atoms with Gasteiger partial charge in [0.1, 0.15) is 5.69 Å². The Morgan fingerprint density at radius 1 is 1.14 bits per heavy atom. The van der Waals surface area contributed by atoms with E-state index in [0.717, 1.165) is 0 Å². The summed E-state index contributed by atoms with van der Waals surface area (Å²) in [4.78, 5) is 26.9. The van der Waals surface area contributed by atoms with Crippen LogP contribution in [0.15, 0.2) is 58.9 Å². The standard InChI is InChI=1S/C14H10ClN3O3/c15-13(14(20)21)18-17-10-6-2-1-5-9(10)12(19)11-7-3-4-8-16-11/h1-8,13H,(H,20,21). The van der Waals surface area contributed by atoms with E-state index >= 15 is 0 Å². The number of alkyl halides is 1. The molecular weight excluding hydrogens is 294 g/mol. The highest BCUT2D eigenvalue weighted by atomic mass is 35.5. The van der Waals surface area contributed by atoms with E-state index in [-0.39, 0.29) is 22.7 Å². The molecule has 21 heavy (non-hydrogen) atoms. The first-order chi connectivity index (χ1) is 10.1. The number of aliphatic carboxylic acids is 1. The van der Waals surface area contributed by atoms with Crippen LogP contribution in [0.2, 0.25) is 0 Å². The predicted octanol–water partition coefficient (Wildman–Crippen LogP) is 3.05. The number of halogens is 1. The summed E-state index contributed by atoms with van der Waals surface area (Å²) in [6.07, 6.45) is 1.51. The Balaban J connectivity index is 2.33. The van der Waals surface area contributed by atoms with Crippen molar-refractivity contribution in [2.24, 2.45) is 10.2 Å². The van der Waals surface area contributed by atoms with Gasteiger partial charge in [-0.25, -0.2) is 4.79 Å². The molecule has 1 aromatic heterocycles. The van der Waals surface area contributed by atoms with Crippen LogP contribution >= 0.6 is 11.6 Å². The molecule has 0 bridgehead atoms. The third-order valence-electron chi connectivity index (χ3n) is 2.52. The Labute approximate surface area is 125 Å². The van der Waals surface area contributed by atoms with Crippen molar-refractivity contribution in [2.75, 3.05) is 0 Å². The predicted molar refractivity (Wildman–Crippen MR) is 75.9 cm³/mol. The number of hydrogen-bond acceptors (Lipinski definition) is 5. The highest BCUT2D eigenvalue weighted by Crippen LogP contribution is 2.22. The Morgan fingerprint density at radius 3 is 2.52 bits per heavy atom. The Hall–Kier alpha value is -2.60. The van der Waals surface area contributed by atoms with Crippen LogP contribution in [0.25, 0.3) is 0 Å². The van der Waals surface area contributed by atoms with Gasteiger partial charge in [-0.3, -0.25) is 9.78 Å². The van der Waals surface area contributed by atoms with Gasteiger partial charge >= 0.3 is 5.97 Å². The van der Waals surface area contributed by atoms with E-state index in [1.165, 1.54) is 6.20 Å². The molecule has 0 saturated carbocycles. The van der Waals surface area contributed by atoms with Crippen molar-refractivity contribution < 1.29 is 14.7 Å². The normalized spacial score (nSPS) is 12.2. The first-order valence-corrected chi connectivity index (χ1v) is 6.35. The van der Waals surface area contributed by atoms with Crippen molar-refractivity contribution in [3.05, 3.63) is 59.9 Å². The third-order valence-corrected chi connectivity index (χ3v) is 2.79. The largest absolute Gasteiger partial charge is 0.479 e. The van der Waals surface area contributed by atoms with Gasteiger partial charge in [0.25, 0.3) is 0 Å². The maximum atomic E-state index is 12.3. The number of carboxylic acid groups (broad SMARTS) is 1. The van der Waals surface area contributed by atoms with Crippen LogP contribution in [0.3, 0.4) is 0 Å². The summed E-state index contributed by atoms with van der Waals surface area (Å²) in [6, 6.07) is 11.4. The van der Waals surface area contributed by atoms with Gasteiger partial charge in [0, 0.05) is 6.20 Å². The average molecular weight is 304 g/mol. The molecule has 0 fully saturated rings. The molecule has 2 aromatic rings. The second kappa shape index (κ2) is 6.71. The van der Waals surface area contributed by atoms with Crippen molar-refractivity contribution in [2.45, 2.75) is 5.50 Å². The molecule has 0 amide bonds. The molecule has 1 atom stereocenters. The quantitative estimate of drug-likeness (QED) is 0.397. The zero-order valence-corrected chi connectivity index (χ0v) is 11.4. The molecule has 6 nitrogen and oxygen atoms in total. The van der Waals surface area contributed by atoms with Gasteiger partial charge < -0.3 is 5.11 Å². The Morgan fingerprint density at radius 2 is 1.86 bits per heavy atom. The van der Waals surface area contributed by atoms with E-state index in [4.69, 9.17) is 16.7 Å². The highest BCUT2D eigenvalue weighted by molar-refractivity contribution is 6.29. The average Bonchev–Trinajstić information content (AvgIpc) is 2.53. The Bertz CT molecular complexity index is 689. The number of aromatic nitrogens is 1. The van der Waals surface area contributed by atoms with Crippen molar-refractivity contribution >= 4 is 29.0 Å². The molecule has 1 heterocycles. The minimum Gasteiger partial charge on any atom is -0.479 e. The van der Waals surface area contributed by atoms with Gasteiger partial charge in [-0.2, -0.15) is 10.2 Å². The molecule has 0 aliphatic carbocycles. The fourth-order valence-electron chi connectivity index (χ4n) is 1.55. The van der Waals surface area contributed by atoms with E-state index in [2.05, 4.69) is 15.2 Å². The summed E-state index contributed by atoms with van der Waals surface area (Å²) >= 11 is 5.46. The molecule has 0 saturated heterocycles. The van der Waals surface area contributed by atoms with Crippen molar-refractivity contribution in [1.29, 1.82) is 0 Å². The molecule has 1 N–H and O–H groups in total. The number of benzene rings is 1. The van der Waals surface area contributed by atoms with E-state index in [0.29, 0.717) is 0 Å². The minimum atomic E-state index is -1.50. The summed E-state index contributed by atoms with van der Waals surface area (Å²) in [5.41, 5.74) is -0.724. The lowest BCUT2D eigenvalue weighted by Crippen LogP contribution is -2.09. The molecule has 1 aromatic carbocycles. The number of carboxylic acids is 1. The summed E-state index contributed by atoms with van der Waals surface area (Å²) in [6.45, 7) is 0.